The molecule has 0 saturated heterocycles. The predicted molar refractivity (Wildman–Crippen MR) is 483 cm³/mol. The van der Waals surface area contributed by atoms with Crippen molar-refractivity contribution in [3.63, 3.8) is 0 Å². The standard InChI is InChI=1S/C17H24OS.2C15H20OS.2C13H16OS.2C11H15N/c1-4-6-7-8-14(3)17(18)19-13-16-11-9-15(5-2)10-12-16;1-3-5-6-10-15(16)17-12-14-9-7-8-13(4-2)11-14;1-3-5-6-7-15(16)17-12-14-10-8-13(4-2)9-11-14;1-3-6-13(14)15-10-12-8-5-7-11(4-2)9-12;1-3-5-13(14)15-10-12-8-6-11(4-2)7-9-12;1-3-10-5-7-11(8-6-10)9-12-4-2;1-3-10-6-5-7-11(8-10)9-12-4-2/h5,9-12,14H,2,4,6-8,13H2,1,3H3;4,7-9,11H,2-3,5-6,10,12H2,1H3;4,8-11H,2-3,5-7,12H2,1H3;4-5,7-9H,2-3,6,10H2,1H3;4,6-9H,2-3,5,10H2,1H3;2*3,5-8,12H,1,4,9H2,2H3. The second kappa shape index (κ2) is 65.8. The summed E-state index contributed by atoms with van der Waals surface area (Å²) in [6.07, 6.45) is 28.8. The average molecular weight is 1540 g/mol. The maximum atomic E-state index is 12.0. The monoisotopic (exact) mass is 1530 g/mol. The van der Waals surface area contributed by atoms with Crippen LogP contribution in [0.4, 0.5) is 0 Å². The summed E-state index contributed by atoms with van der Waals surface area (Å²) in [5.41, 5.74) is 16.5. The minimum absolute atomic E-state index is 0.184. The quantitative estimate of drug-likeness (QED) is 0.0357. The minimum Gasteiger partial charge on any atom is -0.313 e. The van der Waals surface area contributed by atoms with Gasteiger partial charge in [0.25, 0.3) is 0 Å². The van der Waals surface area contributed by atoms with Crippen LogP contribution >= 0.6 is 58.8 Å². The number of nitrogens with one attached hydrogen (secondary N) is 2. The third kappa shape index (κ3) is 50.9. The van der Waals surface area contributed by atoms with Crippen molar-refractivity contribution in [2.24, 2.45) is 5.92 Å². The topological polar surface area (TPSA) is 109 Å². The van der Waals surface area contributed by atoms with Gasteiger partial charge in [0, 0.05) is 73.5 Å². The Kier molecular flexibility index (Phi) is 60.1. The van der Waals surface area contributed by atoms with E-state index < -0.39 is 0 Å². The molecule has 12 heteroatoms. The van der Waals surface area contributed by atoms with Crippen LogP contribution in [0.25, 0.3) is 42.5 Å². The first-order valence-electron chi connectivity index (χ1n) is 38.1. The smallest absolute Gasteiger partial charge is 0.192 e. The van der Waals surface area contributed by atoms with Crippen LogP contribution in [0.3, 0.4) is 0 Å². The van der Waals surface area contributed by atoms with Gasteiger partial charge in [-0.25, -0.2) is 0 Å². The molecule has 0 aliphatic heterocycles. The molecule has 7 nitrogen and oxygen atoms in total. The maximum Gasteiger partial charge on any atom is 0.192 e. The van der Waals surface area contributed by atoms with Crippen LogP contribution in [0.2, 0.25) is 0 Å². The third-order valence-electron chi connectivity index (χ3n) is 16.1. The lowest BCUT2D eigenvalue weighted by Crippen LogP contribution is -2.11. The number of thioether (sulfide) groups is 5. The Morgan fingerprint density at radius 1 is 0.308 bits per heavy atom. The summed E-state index contributed by atoms with van der Waals surface area (Å²) in [6.45, 7) is 46.8. The lowest BCUT2D eigenvalue weighted by molar-refractivity contribution is -0.114. The van der Waals surface area contributed by atoms with Crippen LogP contribution < -0.4 is 10.6 Å². The van der Waals surface area contributed by atoms with E-state index in [2.05, 4.69) is 182 Å². The number of carbonyl (C=O) groups is 5. The van der Waals surface area contributed by atoms with Crippen molar-refractivity contribution in [2.75, 3.05) is 13.1 Å². The summed E-state index contributed by atoms with van der Waals surface area (Å²) in [4.78, 5) is 57.7. The van der Waals surface area contributed by atoms with E-state index in [1.165, 1.54) is 135 Å². The van der Waals surface area contributed by atoms with E-state index in [1.54, 1.807) is 0 Å². The maximum absolute atomic E-state index is 12.0. The van der Waals surface area contributed by atoms with Gasteiger partial charge in [-0.3, -0.25) is 24.0 Å². The van der Waals surface area contributed by atoms with Gasteiger partial charge in [-0.1, -0.05) is 418 Å². The molecule has 0 aliphatic rings. The van der Waals surface area contributed by atoms with Gasteiger partial charge in [0.2, 0.25) is 0 Å². The molecule has 1 unspecified atom stereocenters. The summed E-state index contributed by atoms with van der Waals surface area (Å²) >= 11 is 7.10. The fourth-order valence-electron chi connectivity index (χ4n) is 9.52. The van der Waals surface area contributed by atoms with Crippen LogP contribution in [0.1, 0.15) is 236 Å². The molecule has 7 rings (SSSR count). The van der Waals surface area contributed by atoms with Gasteiger partial charge in [-0.2, -0.15) is 0 Å². The number of hydrogen-bond donors (Lipinski definition) is 2. The SMILES string of the molecule is C=Cc1ccc(CNCC)cc1.C=Cc1ccc(CSC(=O)C(C)CCCCC)cc1.C=Cc1ccc(CSC(=O)CCC)cc1.C=Cc1ccc(CSC(=O)CCCCC)cc1.C=Cc1cccc(CNCC)c1.C=Cc1cccc(CSC(=O)CCC)c1.C=Cc1cccc(CSC(=O)CCCCC)c1. The van der Waals surface area contributed by atoms with Gasteiger partial charge in [0.1, 0.15) is 0 Å². The number of carbonyl (C=O) groups excluding carboxylic acids is 5. The fourth-order valence-corrected chi connectivity index (χ4v) is 13.7. The molecule has 1 atom stereocenters. The Bertz CT molecular complexity index is 3620. The van der Waals surface area contributed by atoms with Crippen molar-refractivity contribution in [3.8, 4) is 0 Å². The molecule has 107 heavy (non-hydrogen) atoms. The first kappa shape index (κ1) is 97.8. The van der Waals surface area contributed by atoms with E-state index >= 15 is 0 Å². The Hall–Kier alpha value is -7.26. The van der Waals surface area contributed by atoms with Crippen LogP contribution in [-0.2, 0) is 65.8 Å². The van der Waals surface area contributed by atoms with Gasteiger partial charge in [-0.15, -0.1) is 0 Å². The Labute approximate surface area is 669 Å². The highest BCUT2D eigenvalue weighted by molar-refractivity contribution is 8.14. The van der Waals surface area contributed by atoms with Crippen molar-refractivity contribution in [1.29, 1.82) is 0 Å². The molecule has 0 fully saturated rings. The van der Waals surface area contributed by atoms with E-state index in [9.17, 15) is 24.0 Å². The summed E-state index contributed by atoms with van der Waals surface area (Å²) in [5.74, 6) is 4.05. The van der Waals surface area contributed by atoms with Crippen LogP contribution in [0, 0.1) is 5.92 Å². The van der Waals surface area contributed by atoms with Crippen molar-refractivity contribution in [1.82, 2.24) is 10.6 Å². The Morgan fingerprint density at radius 2 is 0.589 bits per heavy atom. The molecule has 576 valence electrons. The molecule has 0 amide bonds. The van der Waals surface area contributed by atoms with Crippen molar-refractivity contribution in [3.05, 3.63) is 294 Å². The van der Waals surface area contributed by atoms with E-state index in [0.717, 1.165) is 134 Å². The molecule has 0 aromatic heterocycles. The molecule has 0 radical (unpaired) electrons. The number of unbranched alkanes of at least 4 members (excludes halogenated alkanes) is 6. The first-order valence-corrected chi connectivity index (χ1v) is 43.1. The lowest BCUT2D eigenvalue weighted by atomic mass is 10.1. The summed E-state index contributed by atoms with van der Waals surface area (Å²) in [6, 6.07) is 57.6. The lowest BCUT2D eigenvalue weighted by Gasteiger charge is -2.09. The summed E-state index contributed by atoms with van der Waals surface area (Å²) in [7, 11) is 0. The van der Waals surface area contributed by atoms with Gasteiger partial charge >= 0.3 is 0 Å². The highest BCUT2D eigenvalue weighted by Gasteiger charge is 2.14. The predicted octanol–water partition coefficient (Wildman–Crippen LogP) is 27.3. The van der Waals surface area contributed by atoms with Gasteiger partial charge in [0.15, 0.2) is 25.6 Å². The van der Waals surface area contributed by atoms with Crippen LogP contribution in [0.15, 0.2) is 216 Å². The van der Waals surface area contributed by atoms with Gasteiger partial charge in [0.05, 0.1) is 0 Å². The second-order valence-electron chi connectivity index (χ2n) is 25.3. The molecular weight excluding hydrogens is 1410 g/mol. The zero-order valence-corrected chi connectivity index (χ0v) is 70.1. The van der Waals surface area contributed by atoms with E-state index in [4.69, 9.17) is 0 Å². The minimum atomic E-state index is 0.184. The highest BCUT2D eigenvalue weighted by Crippen LogP contribution is 2.24. The van der Waals surface area contributed by atoms with Crippen molar-refractivity contribution < 1.29 is 24.0 Å². The summed E-state index contributed by atoms with van der Waals surface area (Å²) < 4.78 is 0. The highest BCUT2D eigenvalue weighted by atomic mass is 32.2. The number of hydrogen-bond acceptors (Lipinski definition) is 12. The normalized spacial score (nSPS) is 10.4. The molecule has 0 bridgehead atoms. The second-order valence-corrected chi connectivity index (χ2v) is 30.4. The molecule has 0 heterocycles. The van der Waals surface area contributed by atoms with Gasteiger partial charge in [-0.05, 0) is 123 Å². The summed E-state index contributed by atoms with van der Waals surface area (Å²) in [5, 5.41) is 8.06. The van der Waals surface area contributed by atoms with E-state index in [0.29, 0.717) is 41.0 Å². The third-order valence-corrected chi connectivity index (χ3v) is 21.3. The van der Waals surface area contributed by atoms with Crippen LogP contribution in [0.5, 0.6) is 0 Å². The molecule has 7 aromatic carbocycles. The van der Waals surface area contributed by atoms with Crippen molar-refractivity contribution >= 4 is 127 Å². The molecule has 7 aromatic rings. The Morgan fingerprint density at radius 3 is 0.907 bits per heavy atom. The van der Waals surface area contributed by atoms with E-state index in [1.807, 2.05) is 142 Å². The first-order chi connectivity index (χ1) is 51.9. The average Bonchev–Trinajstić information content (AvgIpc) is 0.961. The molecule has 2 N–H and O–H groups in total. The van der Waals surface area contributed by atoms with Crippen molar-refractivity contribution in [2.45, 2.75) is 200 Å². The molecule has 0 aliphatic carbocycles. The molecule has 0 spiro atoms. The largest absolute Gasteiger partial charge is 0.313 e. The van der Waals surface area contributed by atoms with Crippen LogP contribution in [-0.4, -0.2) is 38.7 Å². The zero-order valence-electron chi connectivity index (χ0n) is 66.0. The van der Waals surface area contributed by atoms with E-state index in [-0.39, 0.29) is 16.1 Å². The fraction of sp³-hybridized carbons (Fsp3) is 0.358. The molecular formula is C95H126N2O5S5. The van der Waals surface area contributed by atoms with Gasteiger partial charge < -0.3 is 10.6 Å². The zero-order chi connectivity index (χ0) is 78.9. The number of rotatable bonds is 40. The molecule has 0 saturated carbocycles. The Balaban J connectivity index is 0.000000627. The number of benzene rings is 7.